The number of hydrogen-bond acceptors (Lipinski definition) is 9. The number of nitrogens with two attached hydrogens (primary N) is 1. The van der Waals surface area contributed by atoms with Gasteiger partial charge in [0.1, 0.15) is 5.82 Å². The van der Waals surface area contributed by atoms with Crippen LogP contribution in [-0.2, 0) is 25.4 Å². The van der Waals surface area contributed by atoms with Crippen molar-refractivity contribution in [3.8, 4) is 0 Å². The predicted molar refractivity (Wildman–Crippen MR) is 170 cm³/mol. The van der Waals surface area contributed by atoms with E-state index in [1.807, 2.05) is 52.3 Å². The maximum atomic E-state index is 13.6. The van der Waals surface area contributed by atoms with Crippen LogP contribution >= 0.6 is 0 Å². The molecule has 1 atom stereocenters. The fourth-order valence-corrected chi connectivity index (χ4v) is 7.32. The summed E-state index contributed by atoms with van der Waals surface area (Å²) in [6.45, 7) is 5.53. The molecular weight excluding hydrogens is 580 g/mol. The van der Waals surface area contributed by atoms with E-state index in [1.54, 1.807) is 25.1 Å². The highest BCUT2D eigenvalue weighted by Crippen LogP contribution is 2.32. The molecule has 0 saturated carbocycles. The van der Waals surface area contributed by atoms with Gasteiger partial charge in [-0.1, -0.05) is 30.3 Å². The van der Waals surface area contributed by atoms with E-state index in [0.29, 0.717) is 49.4 Å². The molecular formula is C31H36N8O4S. The van der Waals surface area contributed by atoms with Crippen molar-refractivity contribution in [2.75, 3.05) is 54.4 Å². The summed E-state index contributed by atoms with van der Waals surface area (Å²) in [7, 11) is -3.81. The zero-order valence-electron chi connectivity index (χ0n) is 24.6. The van der Waals surface area contributed by atoms with E-state index in [1.165, 1.54) is 10.2 Å². The summed E-state index contributed by atoms with van der Waals surface area (Å²) >= 11 is 0. The lowest BCUT2D eigenvalue weighted by atomic mass is 9.97. The standard InChI is InChI=1S/C31H36N8O4S/c1-22(40)36-16-18-37(19-17-36)26-11-9-25(10-12-26)33-31-34-29(38-14-5-8-24(20-38)28(32)41)27-13-15-39(30(27)35-31)44(42,43)21-23-6-3-2-4-7-23/h2-4,6-7,9-13,15,24H,5,8,14,16-21H2,1H3,(H2,32,41)(H,33,34,35). The van der Waals surface area contributed by atoms with E-state index in [9.17, 15) is 18.0 Å². The lowest BCUT2D eigenvalue weighted by molar-refractivity contribution is -0.129. The molecule has 2 aromatic heterocycles. The van der Waals surface area contributed by atoms with Gasteiger partial charge in [0, 0.05) is 63.8 Å². The molecule has 44 heavy (non-hydrogen) atoms. The molecule has 0 aliphatic carbocycles. The normalized spacial score (nSPS) is 17.6. The Morgan fingerprint density at radius 1 is 0.932 bits per heavy atom. The average Bonchev–Trinajstić information content (AvgIpc) is 3.47. The van der Waals surface area contributed by atoms with Crippen LogP contribution in [-0.4, -0.2) is 78.3 Å². The number of aromatic nitrogens is 3. The fourth-order valence-electron chi connectivity index (χ4n) is 5.92. The summed E-state index contributed by atoms with van der Waals surface area (Å²) < 4.78 is 28.4. The van der Waals surface area contributed by atoms with Gasteiger partial charge in [0.05, 0.1) is 17.1 Å². The molecule has 2 aromatic carbocycles. The monoisotopic (exact) mass is 616 g/mol. The lowest BCUT2D eigenvalue weighted by Crippen LogP contribution is -2.48. The van der Waals surface area contributed by atoms with E-state index in [2.05, 4.69) is 15.2 Å². The van der Waals surface area contributed by atoms with Crippen molar-refractivity contribution in [3.63, 3.8) is 0 Å². The Morgan fingerprint density at radius 3 is 2.34 bits per heavy atom. The molecule has 2 saturated heterocycles. The van der Waals surface area contributed by atoms with Gasteiger partial charge in [-0.25, -0.2) is 12.4 Å². The Kier molecular flexibility index (Phi) is 8.13. The number of nitrogens with zero attached hydrogens (tertiary/aromatic N) is 6. The van der Waals surface area contributed by atoms with E-state index >= 15 is 0 Å². The number of anilines is 4. The SMILES string of the molecule is CC(=O)N1CCN(c2ccc(Nc3nc(N4CCCC(C(N)=O)C4)c4ccn(S(=O)(=O)Cc5ccccc5)c4n3)cc2)CC1. The van der Waals surface area contributed by atoms with Gasteiger partial charge in [0.15, 0.2) is 5.65 Å². The Hall–Kier alpha value is -4.65. The minimum Gasteiger partial charge on any atom is -0.369 e. The molecule has 2 amide bonds. The largest absolute Gasteiger partial charge is 0.369 e. The average molecular weight is 617 g/mol. The first kappa shape index (κ1) is 29.4. The number of nitrogens with one attached hydrogen (secondary N) is 1. The molecule has 2 fully saturated rings. The smallest absolute Gasteiger partial charge is 0.244 e. The molecule has 1 unspecified atom stereocenters. The van der Waals surface area contributed by atoms with Crippen LogP contribution in [0.2, 0.25) is 0 Å². The first-order chi connectivity index (χ1) is 21.2. The summed E-state index contributed by atoms with van der Waals surface area (Å²) in [4.78, 5) is 39.3. The van der Waals surface area contributed by atoms with Gasteiger partial charge in [0.25, 0.3) is 0 Å². The number of rotatable bonds is 8. The molecule has 3 N–H and O–H groups in total. The fraction of sp³-hybridized carbons (Fsp3) is 0.355. The van der Waals surface area contributed by atoms with Crippen molar-refractivity contribution in [1.29, 1.82) is 0 Å². The number of amides is 2. The van der Waals surface area contributed by atoms with Gasteiger partial charge in [-0.2, -0.15) is 9.97 Å². The van der Waals surface area contributed by atoms with E-state index in [0.717, 1.165) is 30.9 Å². The summed E-state index contributed by atoms with van der Waals surface area (Å²) in [5, 5.41) is 3.84. The third-order valence-corrected chi connectivity index (χ3v) is 9.91. The van der Waals surface area contributed by atoms with Crippen LogP contribution in [0.4, 0.5) is 23.1 Å². The number of hydrogen-bond donors (Lipinski definition) is 2. The van der Waals surface area contributed by atoms with Crippen LogP contribution in [0.5, 0.6) is 0 Å². The zero-order valence-corrected chi connectivity index (χ0v) is 25.4. The van der Waals surface area contributed by atoms with E-state index < -0.39 is 10.0 Å². The van der Waals surface area contributed by atoms with Crippen LogP contribution in [0.25, 0.3) is 11.0 Å². The maximum absolute atomic E-state index is 13.6. The molecule has 0 bridgehead atoms. The molecule has 6 rings (SSSR count). The van der Waals surface area contributed by atoms with E-state index in [4.69, 9.17) is 10.7 Å². The second kappa shape index (κ2) is 12.2. The van der Waals surface area contributed by atoms with Crippen LogP contribution in [0, 0.1) is 5.92 Å². The highest BCUT2D eigenvalue weighted by Gasteiger charge is 2.28. The van der Waals surface area contributed by atoms with Gasteiger partial charge < -0.3 is 25.8 Å². The number of piperidine rings is 1. The van der Waals surface area contributed by atoms with E-state index in [-0.39, 0.29) is 35.1 Å². The van der Waals surface area contributed by atoms with Crippen LogP contribution in [0.1, 0.15) is 25.3 Å². The number of fused-ring (bicyclic) bond motifs is 1. The van der Waals surface area contributed by atoms with Gasteiger partial charge in [-0.15, -0.1) is 0 Å². The van der Waals surface area contributed by atoms with Gasteiger partial charge in [0.2, 0.25) is 27.8 Å². The van der Waals surface area contributed by atoms with Crippen LogP contribution < -0.4 is 20.9 Å². The molecule has 230 valence electrons. The third kappa shape index (κ3) is 6.18. The number of carbonyl (C=O) groups is 2. The molecule has 2 aliphatic rings. The van der Waals surface area contributed by atoms with Crippen molar-refractivity contribution in [3.05, 3.63) is 72.4 Å². The zero-order chi connectivity index (χ0) is 30.8. The highest BCUT2D eigenvalue weighted by atomic mass is 32.2. The van der Waals surface area contributed by atoms with Gasteiger partial charge in [-0.3, -0.25) is 9.59 Å². The number of primary amides is 1. The Bertz CT molecular complexity index is 1770. The molecule has 4 heterocycles. The Labute approximate surface area is 256 Å². The van der Waals surface area contributed by atoms with Gasteiger partial charge in [-0.05, 0) is 48.7 Å². The minimum absolute atomic E-state index is 0.0919. The lowest BCUT2D eigenvalue weighted by Gasteiger charge is -2.35. The molecule has 12 nitrogen and oxygen atoms in total. The maximum Gasteiger partial charge on any atom is 0.244 e. The first-order valence-electron chi connectivity index (χ1n) is 14.8. The topological polar surface area (TPSA) is 147 Å². The summed E-state index contributed by atoms with van der Waals surface area (Å²) in [6.07, 6.45) is 2.98. The molecule has 4 aromatic rings. The highest BCUT2D eigenvalue weighted by molar-refractivity contribution is 7.89. The molecule has 2 aliphatic heterocycles. The van der Waals surface area contributed by atoms with Crippen LogP contribution in [0.15, 0.2) is 66.9 Å². The quantitative estimate of drug-likeness (QED) is 0.305. The number of carbonyl (C=O) groups excluding carboxylic acids is 2. The third-order valence-electron chi connectivity index (χ3n) is 8.32. The Morgan fingerprint density at radius 2 is 1.66 bits per heavy atom. The number of piperazine rings is 1. The summed E-state index contributed by atoms with van der Waals surface area (Å²) in [5.74, 6) is 0.0239. The first-order valence-corrected chi connectivity index (χ1v) is 16.4. The van der Waals surface area contributed by atoms with Crippen LogP contribution in [0.3, 0.4) is 0 Å². The second-order valence-corrected chi connectivity index (χ2v) is 13.2. The van der Waals surface area contributed by atoms with Crippen molar-refractivity contribution >= 4 is 56.0 Å². The molecule has 0 spiro atoms. The Balaban J connectivity index is 1.32. The van der Waals surface area contributed by atoms with Crippen molar-refractivity contribution in [1.82, 2.24) is 18.8 Å². The molecule has 0 radical (unpaired) electrons. The number of benzene rings is 2. The second-order valence-electron chi connectivity index (χ2n) is 11.3. The predicted octanol–water partition coefficient (Wildman–Crippen LogP) is 2.92. The van der Waals surface area contributed by atoms with Crippen molar-refractivity contribution in [2.24, 2.45) is 11.7 Å². The van der Waals surface area contributed by atoms with Crippen molar-refractivity contribution in [2.45, 2.75) is 25.5 Å². The summed E-state index contributed by atoms with van der Waals surface area (Å²) in [6, 6.07) is 18.6. The minimum atomic E-state index is -3.81. The molecule has 13 heteroatoms. The summed E-state index contributed by atoms with van der Waals surface area (Å²) in [5.41, 5.74) is 8.37. The van der Waals surface area contributed by atoms with Gasteiger partial charge >= 0.3 is 0 Å². The van der Waals surface area contributed by atoms with Crippen molar-refractivity contribution < 1.29 is 18.0 Å².